The van der Waals surface area contributed by atoms with Gasteiger partial charge in [0.25, 0.3) is 0 Å². The average Bonchev–Trinajstić information content (AvgIpc) is 3.13. The predicted molar refractivity (Wildman–Crippen MR) is 101 cm³/mol. The summed E-state index contributed by atoms with van der Waals surface area (Å²) in [5, 5.41) is 5.88. The molecular formula is C17H26N4OS2. The molecule has 2 heterocycles. The summed E-state index contributed by atoms with van der Waals surface area (Å²) >= 11 is 3.14. The fraction of sp³-hybridized carbons (Fsp3) is 0.588. The predicted octanol–water partition coefficient (Wildman–Crippen LogP) is 3.20. The van der Waals surface area contributed by atoms with Crippen molar-refractivity contribution in [3.63, 3.8) is 0 Å². The minimum absolute atomic E-state index is 0.187. The third-order valence-corrected chi connectivity index (χ3v) is 5.84. The highest BCUT2D eigenvalue weighted by Crippen LogP contribution is 2.30. The monoisotopic (exact) mass is 366 g/mol. The molecule has 7 heteroatoms. The molecule has 0 aliphatic carbocycles. The Hall–Kier alpha value is -1.15. The van der Waals surface area contributed by atoms with Crippen LogP contribution in [0.4, 0.5) is 0 Å². The van der Waals surface area contributed by atoms with Gasteiger partial charge in [-0.05, 0) is 42.0 Å². The van der Waals surface area contributed by atoms with Crippen molar-refractivity contribution in [2.75, 3.05) is 28.2 Å². The summed E-state index contributed by atoms with van der Waals surface area (Å²) in [6.45, 7) is 5.50. The lowest BCUT2D eigenvalue weighted by molar-refractivity contribution is -0.121. The van der Waals surface area contributed by atoms with Gasteiger partial charge in [-0.15, -0.1) is 22.7 Å². The number of hydrogen-bond acceptors (Lipinski definition) is 7. The van der Waals surface area contributed by atoms with Gasteiger partial charge in [-0.2, -0.15) is 0 Å². The Morgan fingerprint density at radius 1 is 0.917 bits per heavy atom. The number of thiazole rings is 2. The zero-order valence-electron chi connectivity index (χ0n) is 15.2. The molecule has 0 aliphatic heterocycles. The van der Waals surface area contributed by atoms with Crippen LogP contribution >= 0.6 is 22.7 Å². The number of rotatable bonds is 8. The van der Waals surface area contributed by atoms with E-state index in [2.05, 4.69) is 19.8 Å². The van der Waals surface area contributed by atoms with Gasteiger partial charge in [-0.25, -0.2) is 9.97 Å². The molecule has 2 atom stereocenters. The van der Waals surface area contributed by atoms with Crippen molar-refractivity contribution in [2.45, 2.75) is 38.8 Å². The highest BCUT2D eigenvalue weighted by molar-refractivity contribution is 7.10. The van der Waals surface area contributed by atoms with Crippen LogP contribution in [0.1, 0.15) is 47.1 Å². The highest BCUT2D eigenvalue weighted by atomic mass is 32.1. The molecule has 2 rings (SSSR count). The van der Waals surface area contributed by atoms with E-state index in [1.54, 1.807) is 22.7 Å². The van der Waals surface area contributed by atoms with E-state index < -0.39 is 0 Å². The van der Waals surface area contributed by atoms with Crippen LogP contribution in [-0.2, 0) is 17.9 Å². The molecule has 0 fully saturated rings. The van der Waals surface area contributed by atoms with Crippen LogP contribution in [0.2, 0.25) is 0 Å². The van der Waals surface area contributed by atoms with Crippen LogP contribution in [0.3, 0.4) is 0 Å². The number of Topliss-reactive ketones (excluding diaryl/α,β-unsaturated/α-hetero) is 1. The summed E-state index contributed by atoms with van der Waals surface area (Å²) in [6.07, 6.45) is 0. The molecule has 0 N–H and O–H groups in total. The summed E-state index contributed by atoms with van der Waals surface area (Å²) < 4.78 is 0. The van der Waals surface area contributed by atoms with E-state index in [9.17, 15) is 4.79 Å². The average molecular weight is 367 g/mol. The van der Waals surface area contributed by atoms with Crippen molar-refractivity contribution in [2.24, 2.45) is 0 Å². The molecule has 0 spiro atoms. The Morgan fingerprint density at radius 3 is 1.62 bits per heavy atom. The van der Waals surface area contributed by atoms with Crippen LogP contribution in [0.25, 0.3) is 0 Å². The molecule has 2 aromatic rings. The fourth-order valence-corrected chi connectivity index (χ4v) is 4.20. The third-order valence-electron chi connectivity index (χ3n) is 3.69. The number of hydrogen-bond donors (Lipinski definition) is 0. The number of carbonyl (C=O) groups excluding carboxylic acids is 1. The minimum Gasteiger partial charge on any atom is -0.304 e. The third kappa shape index (κ3) is 4.92. The van der Waals surface area contributed by atoms with Gasteiger partial charge in [0, 0.05) is 23.8 Å². The van der Waals surface area contributed by atoms with E-state index in [0.717, 1.165) is 34.5 Å². The quantitative estimate of drug-likeness (QED) is 0.718. The van der Waals surface area contributed by atoms with Gasteiger partial charge in [0.2, 0.25) is 0 Å². The lowest BCUT2D eigenvalue weighted by Crippen LogP contribution is -2.17. The molecule has 0 amide bonds. The molecule has 0 radical (unpaired) electrons. The van der Waals surface area contributed by atoms with E-state index in [1.807, 2.05) is 52.8 Å². The normalized spacial score (nSPS) is 14.3. The summed E-state index contributed by atoms with van der Waals surface area (Å²) in [4.78, 5) is 26.2. The molecule has 0 saturated carbocycles. The van der Waals surface area contributed by atoms with E-state index >= 15 is 0 Å². The van der Waals surface area contributed by atoms with E-state index in [4.69, 9.17) is 0 Å². The van der Waals surface area contributed by atoms with E-state index in [-0.39, 0.29) is 17.6 Å². The van der Waals surface area contributed by atoms with Gasteiger partial charge in [0.1, 0.15) is 10.0 Å². The van der Waals surface area contributed by atoms with Crippen LogP contribution < -0.4 is 0 Å². The summed E-state index contributed by atoms with van der Waals surface area (Å²) in [7, 11) is 8.07. The first-order chi connectivity index (χ1) is 11.3. The Kier molecular flexibility index (Phi) is 6.62. The van der Waals surface area contributed by atoms with Crippen molar-refractivity contribution in [3.8, 4) is 0 Å². The molecular weight excluding hydrogens is 340 g/mol. The molecule has 132 valence electrons. The maximum absolute atomic E-state index is 12.8. The lowest BCUT2D eigenvalue weighted by atomic mass is 9.96. The first-order valence-electron chi connectivity index (χ1n) is 7.99. The van der Waals surface area contributed by atoms with Crippen molar-refractivity contribution >= 4 is 28.5 Å². The van der Waals surface area contributed by atoms with Crippen LogP contribution in [0, 0.1) is 0 Å². The summed E-state index contributed by atoms with van der Waals surface area (Å²) in [5.74, 6) is -0.198. The Labute approximate surface area is 152 Å². The second kappa shape index (κ2) is 8.29. The molecule has 2 aromatic heterocycles. The number of ketones is 1. The van der Waals surface area contributed by atoms with Gasteiger partial charge in [-0.1, -0.05) is 0 Å². The maximum Gasteiger partial charge on any atom is 0.152 e. The van der Waals surface area contributed by atoms with E-state index in [0.29, 0.717) is 0 Å². The van der Waals surface area contributed by atoms with Crippen molar-refractivity contribution < 1.29 is 4.79 Å². The largest absolute Gasteiger partial charge is 0.304 e. The zero-order chi connectivity index (χ0) is 17.9. The lowest BCUT2D eigenvalue weighted by Gasteiger charge is -2.13. The molecule has 24 heavy (non-hydrogen) atoms. The molecule has 0 aliphatic rings. The van der Waals surface area contributed by atoms with Crippen molar-refractivity contribution in [1.29, 1.82) is 0 Å². The van der Waals surface area contributed by atoms with Gasteiger partial charge >= 0.3 is 0 Å². The minimum atomic E-state index is -0.192. The van der Waals surface area contributed by atoms with Gasteiger partial charge in [-0.3, -0.25) is 4.79 Å². The summed E-state index contributed by atoms with van der Waals surface area (Å²) in [6, 6.07) is 0. The molecule has 5 nitrogen and oxygen atoms in total. The second-order valence-electron chi connectivity index (χ2n) is 6.68. The second-order valence-corrected chi connectivity index (χ2v) is 8.45. The van der Waals surface area contributed by atoms with Crippen molar-refractivity contribution in [3.05, 3.63) is 32.2 Å². The standard InChI is InChI=1S/C17H26N4OS2/c1-11(16-18-13(9-23-16)7-20(3)4)15(22)12(2)17-19-14(10-24-17)8-21(5)6/h9-12H,7-8H2,1-6H3. The topological polar surface area (TPSA) is 49.3 Å². The maximum atomic E-state index is 12.8. The first-order valence-corrected chi connectivity index (χ1v) is 9.75. The number of aromatic nitrogens is 2. The first kappa shape index (κ1) is 19.2. The van der Waals surface area contributed by atoms with Gasteiger partial charge in [0.15, 0.2) is 5.78 Å². The van der Waals surface area contributed by atoms with Gasteiger partial charge < -0.3 is 9.80 Å². The molecule has 2 unspecified atom stereocenters. The zero-order valence-corrected chi connectivity index (χ0v) is 16.9. The summed E-state index contributed by atoms with van der Waals surface area (Å²) in [5.41, 5.74) is 2.05. The smallest absolute Gasteiger partial charge is 0.152 e. The van der Waals surface area contributed by atoms with Gasteiger partial charge in [0.05, 0.1) is 23.2 Å². The van der Waals surface area contributed by atoms with Crippen LogP contribution in [0.5, 0.6) is 0 Å². The van der Waals surface area contributed by atoms with Crippen LogP contribution in [0.15, 0.2) is 10.8 Å². The van der Waals surface area contributed by atoms with E-state index in [1.165, 1.54) is 0 Å². The van der Waals surface area contributed by atoms with Crippen molar-refractivity contribution in [1.82, 2.24) is 19.8 Å². The number of nitrogens with zero attached hydrogens (tertiary/aromatic N) is 4. The highest BCUT2D eigenvalue weighted by Gasteiger charge is 2.27. The molecule has 0 saturated heterocycles. The molecule has 0 aromatic carbocycles. The Morgan fingerprint density at radius 2 is 1.29 bits per heavy atom. The SMILES string of the molecule is CC(C(=O)C(C)c1nc(CN(C)C)cs1)c1nc(CN(C)C)cs1. The number of carbonyl (C=O) groups is 1. The van der Waals surface area contributed by atoms with Crippen LogP contribution in [-0.4, -0.2) is 53.7 Å². The molecule has 0 bridgehead atoms. The Bertz CT molecular complexity index is 621. The fourth-order valence-electron chi connectivity index (χ4n) is 2.45. The Balaban J connectivity index is 2.06.